The Balaban J connectivity index is 1.16. The summed E-state index contributed by atoms with van der Waals surface area (Å²) in [6, 6.07) is 5.48. The first-order valence-corrected chi connectivity index (χ1v) is 10.6. The number of aromatic nitrogens is 2. The Morgan fingerprint density at radius 1 is 1.03 bits per heavy atom. The van der Waals surface area contributed by atoms with Crippen LogP contribution in [0.4, 0.5) is 0 Å². The van der Waals surface area contributed by atoms with Gasteiger partial charge in [-0.3, -0.25) is 19.8 Å². The smallest absolute Gasteiger partial charge is 0.259 e. The molecular weight excluding hydrogens is 368 g/mol. The highest BCUT2D eigenvalue weighted by atomic mass is 16.7. The van der Waals surface area contributed by atoms with Crippen molar-refractivity contribution in [1.29, 1.82) is 0 Å². The lowest BCUT2D eigenvalue weighted by Crippen LogP contribution is -2.28. The molecule has 154 valence electrons. The summed E-state index contributed by atoms with van der Waals surface area (Å²) in [4.78, 5) is 33.4. The first-order chi connectivity index (χ1) is 14.2. The molecule has 2 amide bonds. The van der Waals surface area contributed by atoms with E-state index < -0.39 is 0 Å². The normalized spacial score (nSPS) is 16.7. The Kier molecular flexibility index (Phi) is 6.24. The topological polar surface area (TPSA) is 76.5 Å². The van der Waals surface area contributed by atoms with Crippen LogP contribution in [0, 0.1) is 0 Å². The molecule has 2 aliphatic heterocycles. The molecule has 0 radical (unpaired) electrons. The van der Waals surface area contributed by atoms with E-state index in [4.69, 9.17) is 4.84 Å². The molecule has 0 saturated carbocycles. The van der Waals surface area contributed by atoms with Crippen molar-refractivity contribution in [3.63, 3.8) is 0 Å². The summed E-state index contributed by atoms with van der Waals surface area (Å²) in [5.74, 6) is -0.567. The molecule has 1 N–H and O–H groups in total. The first-order valence-electron chi connectivity index (χ1n) is 10.6. The van der Waals surface area contributed by atoms with E-state index in [9.17, 15) is 9.59 Å². The number of carbonyl (C=O) groups is 2. The Morgan fingerprint density at radius 3 is 2.76 bits per heavy atom. The largest absolute Gasteiger partial charge is 0.397 e. The van der Waals surface area contributed by atoms with Gasteiger partial charge >= 0.3 is 0 Å². The van der Waals surface area contributed by atoms with Crippen molar-refractivity contribution in [2.45, 2.75) is 51.5 Å². The van der Waals surface area contributed by atoms with Crippen molar-refractivity contribution < 1.29 is 14.4 Å². The van der Waals surface area contributed by atoms with Gasteiger partial charge in [-0.25, -0.2) is 0 Å². The number of hydrogen-bond donors (Lipinski definition) is 1. The van der Waals surface area contributed by atoms with Gasteiger partial charge in [0.05, 0.1) is 23.5 Å². The van der Waals surface area contributed by atoms with Crippen LogP contribution in [-0.4, -0.2) is 46.4 Å². The van der Waals surface area contributed by atoms with Crippen molar-refractivity contribution in [2.75, 3.05) is 19.7 Å². The van der Waals surface area contributed by atoms with Crippen LogP contribution in [0.15, 0.2) is 30.6 Å². The quantitative estimate of drug-likeness (QED) is 0.521. The standard InChI is InChI=1S/C22H28N4O3/c27-21-19-10-7-9-18(20(19)22(28)24-21)8-3-1-6-13-29-26-16-17(14-23-26)15-25-11-4-2-5-12-25/h7,9-10,14,16H,1-6,8,11-13,15H2,(H,24,27,28). The number of fused-ring (bicyclic) bond motifs is 1. The molecule has 0 bridgehead atoms. The first kappa shape index (κ1) is 19.6. The van der Waals surface area contributed by atoms with Crippen molar-refractivity contribution in [3.05, 3.63) is 52.8 Å². The number of hydrogen-bond acceptors (Lipinski definition) is 5. The monoisotopic (exact) mass is 396 g/mol. The van der Waals surface area contributed by atoms with Crippen LogP contribution >= 0.6 is 0 Å². The summed E-state index contributed by atoms with van der Waals surface area (Å²) in [7, 11) is 0. The lowest BCUT2D eigenvalue weighted by Gasteiger charge is -2.25. The maximum Gasteiger partial charge on any atom is 0.259 e. The van der Waals surface area contributed by atoms with Gasteiger partial charge in [0.1, 0.15) is 6.61 Å². The molecule has 0 atom stereocenters. The van der Waals surface area contributed by atoms with E-state index in [0.717, 1.165) is 37.8 Å². The van der Waals surface area contributed by atoms with Gasteiger partial charge in [0, 0.05) is 12.1 Å². The van der Waals surface area contributed by atoms with Crippen LogP contribution in [0.1, 0.15) is 70.4 Å². The number of piperidine rings is 1. The summed E-state index contributed by atoms with van der Waals surface area (Å²) in [6.07, 6.45) is 11.4. The van der Waals surface area contributed by atoms with Crippen molar-refractivity contribution in [3.8, 4) is 0 Å². The Hall–Kier alpha value is -2.67. The Morgan fingerprint density at radius 2 is 1.90 bits per heavy atom. The van der Waals surface area contributed by atoms with Crippen LogP contribution in [-0.2, 0) is 13.0 Å². The van der Waals surface area contributed by atoms with Gasteiger partial charge in [-0.05, 0) is 63.2 Å². The number of imide groups is 1. The molecule has 0 aliphatic carbocycles. The predicted molar refractivity (Wildman–Crippen MR) is 109 cm³/mol. The van der Waals surface area contributed by atoms with E-state index in [1.54, 1.807) is 10.9 Å². The minimum absolute atomic E-state index is 0.275. The second-order valence-electron chi connectivity index (χ2n) is 7.85. The fourth-order valence-corrected chi connectivity index (χ4v) is 4.12. The molecular formula is C22H28N4O3. The molecule has 7 heteroatoms. The predicted octanol–water partition coefficient (Wildman–Crippen LogP) is 2.59. The number of amides is 2. The minimum atomic E-state index is -0.292. The average molecular weight is 396 g/mol. The molecule has 7 nitrogen and oxygen atoms in total. The van der Waals surface area contributed by atoms with Crippen molar-refractivity contribution in [2.24, 2.45) is 0 Å². The highest BCUT2D eigenvalue weighted by Crippen LogP contribution is 2.21. The number of nitrogens with one attached hydrogen (secondary N) is 1. The Bertz CT molecular complexity index is 871. The molecule has 2 aliphatic rings. The zero-order valence-electron chi connectivity index (χ0n) is 16.7. The number of unbranched alkanes of at least 4 members (excludes halogenated alkanes) is 2. The van der Waals surface area contributed by atoms with Crippen LogP contribution in [0.5, 0.6) is 0 Å². The van der Waals surface area contributed by atoms with Gasteiger partial charge < -0.3 is 4.84 Å². The molecule has 4 rings (SSSR count). The third-order valence-electron chi connectivity index (χ3n) is 5.63. The number of carbonyl (C=O) groups excluding carboxylic acids is 2. The molecule has 1 aromatic carbocycles. The van der Waals surface area contributed by atoms with E-state index in [1.165, 1.54) is 37.9 Å². The van der Waals surface area contributed by atoms with Crippen LogP contribution in [0.2, 0.25) is 0 Å². The zero-order chi connectivity index (χ0) is 20.1. The fraction of sp³-hybridized carbons (Fsp3) is 0.500. The highest BCUT2D eigenvalue weighted by molar-refractivity contribution is 6.22. The maximum atomic E-state index is 12.0. The number of nitrogens with zero attached hydrogens (tertiary/aromatic N) is 3. The number of likely N-dealkylation sites (tertiary alicyclic amines) is 1. The van der Waals surface area contributed by atoms with E-state index in [1.807, 2.05) is 24.5 Å². The van der Waals surface area contributed by atoms with E-state index >= 15 is 0 Å². The van der Waals surface area contributed by atoms with Crippen LogP contribution in [0.25, 0.3) is 0 Å². The molecule has 1 aromatic heterocycles. The van der Waals surface area contributed by atoms with Gasteiger partial charge in [-0.15, -0.1) is 9.94 Å². The summed E-state index contributed by atoms with van der Waals surface area (Å²) in [6.45, 7) is 3.90. The highest BCUT2D eigenvalue weighted by Gasteiger charge is 2.28. The molecule has 1 saturated heterocycles. The van der Waals surface area contributed by atoms with Gasteiger partial charge in [0.25, 0.3) is 11.8 Å². The lowest BCUT2D eigenvalue weighted by atomic mass is 9.98. The summed E-state index contributed by atoms with van der Waals surface area (Å²) in [5.41, 5.74) is 3.18. The van der Waals surface area contributed by atoms with Gasteiger partial charge in [-0.1, -0.05) is 18.6 Å². The minimum Gasteiger partial charge on any atom is -0.397 e. The summed E-state index contributed by atoms with van der Waals surface area (Å²) in [5, 5.41) is 6.66. The molecule has 1 fully saturated rings. The van der Waals surface area contributed by atoms with E-state index in [0.29, 0.717) is 17.7 Å². The number of benzene rings is 1. The third kappa shape index (κ3) is 4.85. The maximum absolute atomic E-state index is 12.0. The van der Waals surface area contributed by atoms with Crippen molar-refractivity contribution in [1.82, 2.24) is 20.2 Å². The van der Waals surface area contributed by atoms with Crippen molar-refractivity contribution >= 4 is 11.8 Å². The molecule has 2 aromatic rings. The van der Waals surface area contributed by atoms with Crippen LogP contribution < -0.4 is 10.2 Å². The molecule has 0 unspecified atom stereocenters. The summed E-state index contributed by atoms with van der Waals surface area (Å²) < 4.78 is 0. The molecule has 3 heterocycles. The van der Waals surface area contributed by atoms with Gasteiger partial charge in [0.15, 0.2) is 0 Å². The molecule has 29 heavy (non-hydrogen) atoms. The second kappa shape index (κ2) is 9.22. The Labute approximate surface area is 171 Å². The fourth-order valence-electron chi connectivity index (χ4n) is 4.12. The summed E-state index contributed by atoms with van der Waals surface area (Å²) >= 11 is 0. The lowest BCUT2D eigenvalue weighted by molar-refractivity contribution is 0.0790. The van der Waals surface area contributed by atoms with E-state index in [-0.39, 0.29) is 11.8 Å². The average Bonchev–Trinajstić information content (AvgIpc) is 3.29. The molecule has 0 spiro atoms. The zero-order valence-corrected chi connectivity index (χ0v) is 16.7. The van der Waals surface area contributed by atoms with Gasteiger partial charge in [-0.2, -0.15) is 0 Å². The number of rotatable bonds is 9. The third-order valence-corrected chi connectivity index (χ3v) is 5.63. The number of aryl methyl sites for hydroxylation is 1. The van der Waals surface area contributed by atoms with Crippen LogP contribution in [0.3, 0.4) is 0 Å². The second-order valence-corrected chi connectivity index (χ2v) is 7.85. The SMILES string of the molecule is O=C1NC(=O)c2c(CCCCCOn3cc(CN4CCCCC4)cn3)cccc21. The van der Waals surface area contributed by atoms with Gasteiger partial charge in [0.2, 0.25) is 0 Å². The van der Waals surface area contributed by atoms with E-state index in [2.05, 4.69) is 15.3 Å².